The van der Waals surface area contributed by atoms with E-state index < -0.39 is 29.3 Å². The van der Waals surface area contributed by atoms with E-state index >= 15 is 0 Å². The number of carboxylic acid groups (broad SMARTS) is 1. The number of carbonyl (C=O) groups is 4. The Balaban J connectivity index is 1.50. The van der Waals surface area contributed by atoms with E-state index in [0.717, 1.165) is 12.8 Å². The van der Waals surface area contributed by atoms with Gasteiger partial charge in [-0.2, -0.15) is 0 Å². The minimum Gasteiger partial charge on any atom is -0.494 e. The largest absolute Gasteiger partial charge is 0.494 e. The molecule has 0 aliphatic rings. The number of aliphatic carboxylic acids is 1. The number of unbranched alkanes of at least 4 members (excludes halogenated alkanes) is 4. The maximum Gasteiger partial charge on any atom is 0.343 e. The number of amides is 2. The zero-order valence-electron chi connectivity index (χ0n) is 25.9. The molecule has 0 aliphatic carbocycles. The molecule has 234 valence electrons. The first-order valence-corrected chi connectivity index (χ1v) is 15.0. The summed E-state index contributed by atoms with van der Waals surface area (Å²) in [6.07, 6.45) is 5.80. The molecule has 0 bridgehead atoms. The zero-order chi connectivity index (χ0) is 32.1. The van der Waals surface area contributed by atoms with Crippen LogP contribution in [0.1, 0.15) is 86.1 Å². The molecule has 0 radical (unpaired) electrons. The average Bonchev–Trinajstić information content (AvgIpc) is 2.99. The van der Waals surface area contributed by atoms with Crippen molar-refractivity contribution in [3.63, 3.8) is 0 Å². The summed E-state index contributed by atoms with van der Waals surface area (Å²) in [4.78, 5) is 49.4. The molecular weight excluding hydrogens is 560 g/mol. The molecule has 0 saturated heterocycles. The molecule has 1 atom stereocenters. The first kappa shape index (κ1) is 33.8. The molecule has 9 heteroatoms. The van der Waals surface area contributed by atoms with E-state index in [9.17, 15) is 24.3 Å². The number of anilines is 1. The van der Waals surface area contributed by atoms with Crippen molar-refractivity contribution in [2.45, 2.75) is 72.3 Å². The molecule has 3 rings (SSSR count). The summed E-state index contributed by atoms with van der Waals surface area (Å²) in [5.41, 5.74) is 1.23. The van der Waals surface area contributed by atoms with Crippen molar-refractivity contribution < 1.29 is 33.8 Å². The van der Waals surface area contributed by atoms with E-state index in [4.69, 9.17) is 9.47 Å². The Morgan fingerprint density at radius 1 is 0.773 bits per heavy atom. The van der Waals surface area contributed by atoms with Gasteiger partial charge in [-0.25, -0.2) is 9.59 Å². The molecule has 0 heterocycles. The normalized spacial score (nSPS) is 11.7. The molecule has 0 unspecified atom stereocenters. The van der Waals surface area contributed by atoms with Crippen LogP contribution in [-0.2, 0) is 16.0 Å². The fourth-order valence-electron chi connectivity index (χ4n) is 4.14. The Morgan fingerprint density at radius 3 is 1.95 bits per heavy atom. The van der Waals surface area contributed by atoms with Gasteiger partial charge in [0.1, 0.15) is 17.5 Å². The summed E-state index contributed by atoms with van der Waals surface area (Å²) in [6.45, 7) is 8.20. The Labute approximate surface area is 259 Å². The smallest absolute Gasteiger partial charge is 0.343 e. The number of carboxylic acids is 1. The van der Waals surface area contributed by atoms with E-state index in [1.54, 1.807) is 81.4 Å². The first-order valence-electron chi connectivity index (χ1n) is 15.0. The second kappa shape index (κ2) is 16.3. The van der Waals surface area contributed by atoms with Crippen molar-refractivity contribution in [1.82, 2.24) is 5.32 Å². The van der Waals surface area contributed by atoms with Crippen LogP contribution in [0.4, 0.5) is 5.69 Å². The number of carbonyl (C=O) groups excluding carboxylic acids is 3. The number of ether oxygens (including phenoxy) is 2. The summed E-state index contributed by atoms with van der Waals surface area (Å²) in [7, 11) is 0. The van der Waals surface area contributed by atoms with Crippen LogP contribution in [0.3, 0.4) is 0 Å². The van der Waals surface area contributed by atoms with Crippen molar-refractivity contribution in [3.8, 4) is 11.5 Å². The molecule has 0 aromatic heterocycles. The summed E-state index contributed by atoms with van der Waals surface area (Å²) in [5.74, 6) is -1.43. The highest BCUT2D eigenvalue weighted by atomic mass is 16.5. The van der Waals surface area contributed by atoms with E-state index in [0.29, 0.717) is 34.9 Å². The van der Waals surface area contributed by atoms with Crippen LogP contribution in [0.25, 0.3) is 0 Å². The number of rotatable bonds is 15. The van der Waals surface area contributed by atoms with Gasteiger partial charge in [-0.05, 0) is 72.6 Å². The van der Waals surface area contributed by atoms with Gasteiger partial charge in [-0.15, -0.1) is 0 Å². The van der Waals surface area contributed by atoms with Crippen LogP contribution in [0.15, 0.2) is 72.8 Å². The third-order valence-electron chi connectivity index (χ3n) is 6.87. The third kappa shape index (κ3) is 10.9. The van der Waals surface area contributed by atoms with Gasteiger partial charge >= 0.3 is 11.9 Å². The molecule has 0 fully saturated rings. The Morgan fingerprint density at radius 2 is 1.36 bits per heavy atom. The number of hydrogen-bond donors (Lipinski definition) is 3. The van der Waals surface area contributed by atoms with Gasteiger partial charge < -0.3 is 25.2 Å². The van der Waals surface area contributed by atoms with E-state index in [1.165, 1.54) is 31.4 Å². The van der Waals surface area contributed by atoms with Crippen LogP contribution >= 0.6 is 0 Å². The lowest BCUT2D eigenvalue weighted by Gasteiger charge is -2.18. The monoisotopic (exact) mass is 602 g/mol. The fraction of sp³-hybridized carbons (Fsp3) is 0.371. The number of esters is 1. The molecule has 3 aromatic rings. The van der Waals surface area contributed by atoms with Gasteiger partial charge in [0.05, 0.1) is 12.2 Å². The highest BCUT2D eigenvalue weighted by Crippen LogP contribution is 2.20. The van der Waals surface area contributed by atoms with Crippen LogP contribution in [0, 0.1) is 5.41 Å². The molecule has 44 heavy (non-hydrogen) atoms. The molecule has 0 spiro atoms. The summed E-state index contributed by atoms with van der Waals surface area (Å²) < 4.78 is 11.2. The number of benzene rings is 3. The summed E-state index contributed by atoms with van der Waals surface area (Å²) in [5, 5.41) is 15.0. The third-order valence-corrected chi connectivity index (χ3v) is 6.87. The van der Waals surface area contributed by atoms with E-state index in [2.05, 4.69) is 17.6 Å². The summed E-state index contributed by atoms with van der Waals surface area (Å²) in [6, 6.07) is 18.3. The lowest BCUT2D eigenvalue weighted by molar-refractivity contribution is -0.139. The molecule has 2 amide bonds. The van der Waals surface area contributed by atoms with Gasteiger partial charge in [0.15, 0.2) is 0 Å². The van der Waals surface area contributed by atoms with Gasteiger partial charge in [0.2, 0.25) is 5.91 Å². The van der Waals surface area contributed by atoms with Gasteiger partial charge in [0.25, 0.3) is 5.91 Å². The van der Waals surface area contributed by atoms with Crippen molar-refractivity contribution in [3.05, 3.63) is 89.5 Å². The van der Waals surface area contributed by atoms with Crippen molar-refractivity contribution >= 4 is 29.4 Å². The minimum atomic E-state index is -1.19. The number of nitrogens with one attached hydrogen (secondary N) is 2. The molecular formula is C35H42N2O7. The van der Waals surface area contributed by atoms with Crippen molar-refractivity contribution in [1.29, 1.82) is 0 Å². The quantitative estimate of drug-likeness (QED) is 0.101. The minimum absolute atomic E-state index is 0.0229. The topological polar surface area (TPSA) is 131 Å². The second-order valence-electron chi connectivity index (χ2n) is 11.7. The average molecular weight is 603 g/mol. The van der Waals surface area contributed by atoms with Crippen molar-refractivity contribution in [2.24, 2.45) is 5.41 Å². The summed E-state index contributed by atoms with van der Waals surface area (Å²) >= 11 is 0. The Hall–Kier alpha value is -4.66. The first-order chi connectivity index (χ1) is 21.0. The van der Waals surface area contributed by atoms with Crippen LogP contribution in [0.2, 0.25) is 0 Å². The standard InChI is InChI=1S/C35H42N2O7/c1-5-6-7-8-9-22-43-28-20-14-26(15-21-28)33(41)44-29-18-10-24(11-19-29)23-30(32(39)40)37-31(38)25-12-16-27(17-13-25)36-34(42)35(2,3)4/h10-21,30H,5-9,22-23H2,1-4H3,(H,36,42)(H,37,38)(H,39,40)/t30-/m0/s1. The van der Waals surface area contributed by atoms with Gasteiger partial charge in [-0.3, -0.25) is 9.59 Å². The van der Waals surface area contributed by atoms with Gasteiger partial charge in [0, 0.05) is 23.1 Å². The molecule has 3 aromatic carbocycles. The maximum atomic E-state index is 12.7. The Kier molecular flexibility index (Phi) is 12.5. The van der Waals surface area contributed by atoms with Crippen LogP contribution in [0.5, 0.6) is 11.5 Å². The zero-order valence-corrected chi connectivity index (χ0v) is 25.9. The lowest BCUT2D eigenvalue weighted by Crippen LogP contribution is -2.42. The molecule has 3 N–H and O–H groups in total. The maximum absolute atomic E-state index is 12.7. The second-order valence-corrected chi connectivity index (χ2v) is 11.7. The van der Waals surface area contributed by atoms with E-state index in [-0.39, 0.29) is 17.9 Å². The highest BCUT2D eigenvalue weighted by molar-refractivity contribution is 5.98. The fourth-order valence-corrected chi connectivity index (χ4v) is 4.14. The lowest BCUT2D eigenvalue weighted by atomic mass is 9.95. The molecule has 0 saturated carbocycles. The number of hydrogen-bond acceptors (Lipinski definition) is 6. The van der Waals surface area contributed by atoms with Crippen LogP contribution in [-0.4, -0.2) is 41.5 Å². The highest BCUT2D eigenvalue weighted by Gasteiger charge is 2.23. The molecule has 9 nitrogen and oxygen atoms in total. The molecule has 0 aliphatic heterocycles. The van der Waals surface area contributed by atoms with Crippen LogP contribution < -0.4 is 20.1 Å². The van der Waals surface area contributed by atoms with Crippen molar-refractivity contribution in [2.75, 3.05) is 11.9 Å². The Bertz CT molecular complexity index is 1390. The predicted molar refractivity (Wildman–Crippen MR) is 169 cm³/mol. The van der Waals surface area contributed by atoms with E-state index in [1.807, 2.05) is 0 Å². The van der Waals surface area contributed by atoms with Gasteiger partial charge in [-0.1, -0.05) is 65.5 Å². The predicted octanol–water partition coefficient (Wildman–Crippen LogP) is 6.67. The SMILES string of the molecule is CCCCCCCOc1ccc(C(=O)Oc2ccc(C[C@H](NC(=O)c3ccc(NC(=O)C(C)(C)C)cc3)C(=O)O)cc2)cc1.